The fourth-order valence-electron chi connectivity index (χ4n) is 2.17. The molecule has 0 radical (unpaired) electrons. The summed E-state index contributed by atoms with van der Waals surface area (Å²) in [6.45, 7) is 0.158. The Labute approximate surface area is 181 Å². The molecule has 0 heterocycles. The minimum absolute atomic E-state index is 0. The molecule has 0 atom stereocenters. The van der Waals surface area contributed by atoms with Gasteiger partial charge in [0.2, 0.25) is 0 Å². The normalized spacial score (nSPS) is 11.4. The zero-order valence-electron chi connectivity index (χ0n) is 14.9. The second-order valence-corrected chi connectivity index (χ2v) is 8.00. The van der Waals surface area contributed by atoms with Gasteiger partial charge >= 0.3 is 35.7 Å². The summed E-state index contributed by atoms with van der Waals surface area (Å²) in [5.41, 5.74) is 2.20. The van der Waals surface area contributed by atoms with Gasteiger partial charge in [-0.25, -0.2) is 4.79 Å². The monoisotopic (exact) mass is 404 g/mol. The number of carbonyl (C=O) groups is 1. The molecular weight excluding hydrogens is 381 g/mol. The Hall–Kier alpha value is -1.42. The van der Waals surface area contributed by atoms with E-state index in [4.69, 9.17) is 14.0 Å². The SMILES string of the molecule is C[N+](C)(C)c1ccc(CCOC(=O)Oc2ccc(S(=O)(=O)O)cc2)cc1.[NaH]. The van der Waals surface area contributed by atoms with E-state index in [1.807, 2.05) is 24.3 Å². The number of ether oxygens (including phenoxy) is 2. The maximum absolute atomic E-state index is 11.7. The number of rotatable bonds is 6. The van der Waals surface area contributed by atoms with Crippen molar-refractivity contribution < 1.29 is 27.2 Å². The van der Waals surface area contributed by atoms with Crippen LogP contribution in [0.1, 0.15) is 5.56 Å². The number of hydrogen-bond acceptors (Lipinski definition) is 5. The van der Waals surface area contributed by atoms with E-state index in [2.05, 4.69) is 21.1 Å². The van der Waals surface area contributed by atoms with Crippen LogP contribution < -0.4 is 9.22 Å². The average Bonchev–Trinajstić information content (AvgIpc) is 2.54. The van der Waals surface area contributed by atoms with Crippen molar-refractivity contribution in [3.05, 3.63) is 54.1 Å². The van der Waals surface area contributed by atoms with Gasteiger partial charge in [-0.15, -0.1) is 0 Å². The third kappa shape index (κ3) is 7.61. The van der Waals surface area contributed by atoms with Crippen LogP contribution in [-0.2, 0) is 21.3 Å². The van der Waals surface area contributed by atoms with Crippen LogP contribution in [-0.4, -0.2) is 76.4 Å². The number of hydrogen-bond donors (Lipinski definition) is 1. The molecule has 0 saturated heterocycles. The van der Waals surface area contributed by atoms with E-state index in [9.17, 15) is 13.2 Å². The molecule has 9 heteroatoms. The maximum atomic E-state index is 11.7. The molecule has 0 aromatic heterocycles. The molecule has 0 bridgehead atoms. The topological polar surface area (TPSA) is 89.9 Å². The Bertz CT molecular complexity index is 858. The van der Waals surface area contributed by atoms with E-state index < -0.39 is 16.3 Å². The molecule has 0 aliphatic carbocycles. The van der Waals surface area contributed by atoms with Gasteiger partial charge in [0.1, 0.15) is 11.4 Å². The van der Waals surface area contributed by atoms with Gasteiger partial charge in [0, 0.05) is 6.42 Å². The third-order valence-electron chi connectivity index (χ3n) is 3.64. The van der Waals surface area contributed by atoms with Crippen LogP contribution in [0.2, 0.25) is 0 Å². The van der Waals surface area contributed by atoms with Crippen LogP contribution >= 0.6 is 0 Å². The van der Waals surface area contributed by atoms with Crippen LogP contribution in [0.4, 0.5) is 10.5 Å². The van der Waals surface area contributed by atoms with E-state index in [-0.39, 0.29) is 46.8 Å². The second-order valence-electron chi connectivity index (χ2n) is 6.58. The molecule has 7 nitrogen and oxygen atoms in total. The van der Waals surface area contributed by atoms with Crippen molar-refractivity contribution in [2.75, 3.05) is 27.7 Å². The van der Waals surface area contributed by atoms with Gasteiger partial charge in [-0.3, -0.25) is 9.04 Å². The van der Waals surface area contributed by atoms with E-state index >= 15 is 0 Å². The molecule has 142 valence electrons. The van der Waals surface area contributed by atoms with Gasteiger partial charge in [0.15, 0.2) is 0 Å². The van der Waals surface area contributed by atoms with Crippen molar-refractivity contribution in [2.24, 2.45) is 0 Å². The number of quaternary nitrogens is 1. The van der Waals surface area contributed by atoms with Crippen LogP contribution in [0.3, 0.4) is 0 Å². The summed E-state index contributed by atoms with van der Waals surface area (Å²) >= 11 is 0. The van der Waals surface area contributed by atoms with Crippen LogP contribution in [0.5, 0.6) is 5.75 Å². The Morgan fingerprint density at radius 3 is 2.04 bits per heavy atom. The van der Waals surface area contributed by atoms with Gasteiger partial charge in [0.25, 0.3) is 10.1 Å². The van der Waals surface area contributed by atoms with Crippen molar-refractivity contribution in [2.45, 2.75) is 11.3 Å². The van der Waals surface area contributed by atoms with Crippen molar-refractivity contribution in [3.8, 4) is 5.75 Å². The van der Waals surface area contributed by atoms with Crippen molar-refractivity contribution in [3.63, 3.8) is 0 Å². The van der Waals surface area contributed by atoms with Crippen molar-refractivity contribution >= 4 is 51.5 Å². The molecule has 2 aromatic carbocycles. The summed E-state index contributed by atoms with van der Waals surface area (Å²) in [7, 11) is 1.96. The molecule has 0 saturated carbocycles. The predicted octanol–water partition coefficient (Wildman–Crippen LogP) is 2.24. The molecular formula is C18H23NNaO6S+. The molecule has 0 amide bonds. The minimum atomic E-state index is -4.28. The summed E-state index contributed by atoms with van der Waals surface area (Å²) in [4.78, 5) is 11.4. The van der Waals surface area contributed by atoms with Crippen molar-refractivity contribution in [1.29, 1.82) is 0 Å². The fraction of sp³-hybridized carbons (Fsp3) is 0.278. The van der Waals surface area contributed by atoms with Crippen LogP contribution in [0, 0.1) is 0 Å². The van der Waals surface area contributed by atoms with Gasteiger partial charge in [-0.05, 0) is 42.0 Å². The Morgan fingerprint density at radius 1 is 1.00 bits per heavy atom. The Morgan fingerprint density at radius 2 is 1.56 bits per heavy atom. The first-order valence-electron chi connectivity index (χ1n) is 7.89. The molecule has 27 heavy (non-hydrogen) atoms. The van der Waals surface area contributed by atoms with E-state index in [1.54, 1.807) is 0 Å². The molecule has 0 aliphatic heterocycles. The van der Waals surface area contributed by atoms with Gasteiger partial charge in [-0.2, -0.15) is 8.42 Å². The first-order chi connectivity index (χ1) is 12.1. The standard InChI is InChI=1S/C18H21NO6S.Na.H/c1-19(2,3)15-6-4-14(5-7-15)12-13-24-18(20)25-16-8-10-17(11-9-16)26(21,22)23;;/h4-11H,12-13H2,1-3H3;;/p+1. The third-order valence-corrected chi connectivity index (χ3v) is 4.51. The van der Waals surface area contributed by atoms with Crippen LogP contribution in [0.15, 0.2) is 53.4 Å². The number of nitrogens with zero attached hydrogens (tertiary/aromatic N) is 1. The van der Waals surface area contributed by atoms with E-state index in [0.717, 1.165) is 22.2 Å². The summed E-state index contributed by atoms with van der Waals surface area (Å²) in [5.74, 6) is 0.120. The zero-order valence-corrected chi connectivity index (χ0v) is 15.7. The van der Waals surface area contributed by atoms with Gasteiger partial charge in [-0.1, -0.05) is 12.1 Å². The first kappa shape index (κ1) is 23.6. The Kier molecular flexibility index (Phi) is 8.47. The van der Waals surface area contributed by atoms with Gasteiger partial charge < -0.3 is 9.47 Å². The quantitative estimate of drug-likeness (QED) is 0.261. The summed E-state index contributed by atoms with van der Waals surface area (Å²) in [6.07, 6.45) is -0.332. The molecule has 0 fully saturated rings. The van der Waals surface area contributed by atoms with Crippen molar-refractivity contribution in [1.82, 2.24) is 4.48 Å². The summed E-state index contributed by atoms with van der Waals surface area (Å²) in [6, 6.07) is 12.8. The molecule has 0 aliphatic rings. The van der Waals surface area contributed by atoms with E-state index in [0.29, 0.717) is 6.42 Å². The fourth-order valence-corrected chi connectivity index (χ4v) is 2.65. The zero-order chi connectivity index (χ0) is 19.4. The summed E-state index contributed by atoms with van der Waals surface area (Å²) < 4.78 is 41.4. The summed E-state index contributed by atoms with van der Waals surface area (Å²) in [5, 5.41) is 0. The first-order valence-corrected chi connectivity index (χ1v) is 9.33. The number of benzene rings is 2. The average molecular weight is 404 g/mol. The second kappa shape index (κ2) is 9.68. The predicted molar refractivity (Wildman–Crippen MR) is 105 cm³/mol. The molecule has 1 N–H and O–H groups in total. The van der Waals surface area contributed by atoms with Gasteiger partial charge in [0.05, 0.1) is 32.6 Å². The molecule has 2 rings (SSSR count). The molecule has 0 spiro atoms. The molecule has 2 aromatic rings. The van der Waals surface area contributed by atoms with Crippen LogP contribution in [0.25, 0.3) is 0 Å². The number of carbonyl (C=O) groups excluding carboxylic acids is 1. The molecule has 0 unspecified atom stereocenters. The Balaban J connectivity index is 0.00000364. The van der Waals surface area contributed by atoms with E-state index in [1.165, 1.54) is 17.8 Å².